The van der Waals surface area contributed by atoms with Crippen LogP contribution in [-0.4, -0.2) is 66.8 Å². The van der Waals surface area contributed by atoms with Crippen molar-refractivity contribution in [3.8, 4) is 0 Å². The van der Waals surface area contributed by atoms with E-state index in [1.165, 1.54) is 19.0 Å². The number of hydrogen-bond donors (Lipinski definition) is 1. The van der Waals surface area contributed by atoms with Gasteiger partial charge in [0.1, 0.15) is 12.9 Å². The van der Waals surface area contributed by atoms with Crippen LogP contribution >= 0.6 is 0 Å². The third-order valence-corrected chi connectivity index (χ3v) is 1.71. The van der Waals surface area contributed by atoms with Crippen molar-refractivity contribution < 1.29 is 19.5 Å². The average molecular weight is 202 g/mol. The Balaban J connectivity index is 4.04. The van der Waals surface area contributed by atoms with Gasteiger partial charge in [0.2, 0.25) is 11.8 Å². The molecule has 0 fully saturated rings. The Morgan fingerprint density at radius 1 is 1.21 bits per heavy atom. The lowest BCUT2D eigenvalue weighted by molar-refractivity contribution is -0.140. The fraction of sp³-hybridized carbons (Fsp3) is 0.625. The van der Waals surface area contributed by atoms with Crippen molar-refractivity contribution in [3.05, 3.63) is 0 Å². The lowest BCUT2D eigenvalue weighted by atomic mass is 10.4. The summed E-state index contributed by atoms with van der Waals surface area (Å²) in [5.41, 5.74) is 0. The maximum absolute atomic E-state index is 11.3. The average Bonchev–Trinajstić information content (AvgIpc) is 2.16. The number of amides is 2. The van der Waals surface area contributed by atoms with E-state index < -0.39 is 12.5 Å². The topological polar surface area (TPSA) is 77.9 Å². The first-order valence-electron chi connectivity index (χ1n) is 4.05. The van der Waals surface area contributed by atoms with E-state index >= 15 is 0 Å². The molecule has 1 N–H and O–H groups in total. The van der Waals surface area contributed by atoms with Crippen LogP contribution < -0.4 is 0 Å². The second-order valence-corrected chi connectivity index (χ2v) is 2.85. The standard InChI is InChI=1S/C8H14N2O4/c1-9(3-4-11)7(13)5-10(2)8(14)6-12/h4,12H,3,5-6H2,1-2H3. The number of rotatable bonds is 5. The Morgan fingerprint density at radius 3 is 2.21 bits per heavy atom. The van der Waals surface area contributed by atoms with Crippen LogP contribution in [0.4, 0.5) is 0 Å². The highest BCUT2D eigenvalue weighted by Gasteiger charge is 2.14. The molecule has 0 aromatic rings. The van der Waals surface area contributed by atoms with Crippen LogP contribution in [0.15, 0.2) is 0 Å². The Bertz CT molecular complexity index is 229. The van der Waals surface area contributed by atoms with Gasteiger partial charge in [-0.2, -0.15) is 0 Å². The molecular formula is C8H14N2O4. The van der Waals surface area contributed by atoms with Crippen molar-refractivity contribution in [1.82, 2.24) is 9.80 Å². The summed E-state index contributed by atoms with van der Waals surface area (Å²) in [4.78, 5) is 34.5. The first-order chi connectivity index (χ1) is 6.52. The third kappa shape index (κ3) is 3.99. The van der Waals surface area contributed by atoms with Gasteiger partial charge in [0.05, 0.1) is 13.1 Å². The smallest absolute Gasteiger partial charge is 0.248 e. The molecule has 0 radical (unpaired) electrons. The molecule has 80 valence electrons. The molecule has 0 atom stereocenters. The minimum absolute atomic E-state index is 0.0000111. The van der Waals surface area contributed by atoms with Gasteiger partial charge in [0.25, 0.3) is 0 Å². The van der Waals surface area contributed by atoms with Crippen molar-refractivity contribution in [2.75, 3.05) is 33.8 Å². The zero-order valence-electron chi connectivity index (χ0n) is 8.27. The molecule has 0 saturated heterocycles. The van der Waals surface area contributed by atoms with Crippen molar-refractivity contribution in [3.63, 3.8) is 0 Å². The van der Waals surface area contributed by atoms with E-state index in [0.29, 0.717) is 6.29 Å². The van der Waals surface area contributed by atoms with Crippen molar-refractivity contribution in [2.24, 2.45) is 0 Å². The second-order valence-electron chi connectivity index (χ2n) is 2.85. The summed E-state index contributed by atoms with van der Waals surface area (Å²) >= 11 is 0. The van der Waals surface area contributed by atoms with Crippen LogP contribution in [0.25, 0.3) is 0 Å². The summed E-state index contributed by atoms with van der Waals surface area (Å²) in [6, 6.07) is 0. The fourth-order valence-corrected chi connectivity index (χ4v) is 0.746. The van der Waals surface area contributed by atoms with Crippen molar-refractivity contribution in [2.45, 2.75) is 0 Å². The van der Waals surface area contributed by atoms with Crippen LogP contribution in [0.5, 0.6) is 0 Å². The molecule has 6 heteroatoms. The zero-order chi connectivity index (χ0) is 11.1. The first-order valence-corrected chi connectivity index (χ1v) is 4.05. The molecule has 0 unspecified atom stereocenters. The van der Waals surface area contributed by atoms with E-state index in [4.69, 9.17) is 5.11 Å². The Hall–Kier alpha value is -1.43. The van der Waals surface area contributed by atoms with Crippen molar-refractivity contribution in [1.29, 1.82) is 0 Å². The van der Waals surface area contributed by atoms with E-state index in [2.05, 4.69) is 0 Å². The summed E-state index contributed by atoms with van der Waals surface area (Å²) < 4.78 is 0. The van der Waals surface area contributed by atoms with Gasteiger partial charge in [-0.15, -0.1) is 0 Å². The quantitative estimate of drug-likeness (QED) is 0.528. The van der Waals surface area contributed by atoms with Gasteiger partial charge in [-0.25, -0.2) is 0 Å². The molecule has 0 rings (SSSR count). The minimum Gasteiger partial charge on any atom is -0.387 e. The molecule has 0 aliphatic rings. The molecule has 6 nitrogen and oxygen atoms in total. The summed E-state index contributed by atoms with van der Waals surface area (Å²) in [6.07, 6.45) is 0.603. The summed E-state index contributed by atoms with van der Waals surface area (Å²) in [5, 5.41) is 8.49. The zero-order valence-corrected chi connectivity index (χ0v) is 8.27. The Kier molecular flexibility index (Phi) is 5.47. The molecule has 0 aliphatic heterocycles. The van der Waals surface area contributed by atoms with Crippen LogP contribution in [-0.2, 0) is 14.4 Å². The number of nitrogens with zero attached hydrogens (tertiary/aromatic N) is 2. The fourth-order valence-electron chi connectivity index (χ4n) is 0.746. The number of likely N-dealkylation sites (N-methyl/N-ethyl adjacent to an activating group) is 2. The number of aliphatic hydroxyl groups excluding tert-OH is 1. The lowest BCUT2D eigenvalue weighted by Gasteiger charge is -2.19. The predicted octanol–water partition coefficient (Wildman–Crippen LogP) is -1.91. The van der Waals surface area contributed by atoms with Gasteiger partial charge in [-0.1, -0.05) is 0 Å². The van der Waals surface area contributed by atoms with Gasteiger partial charge in [0, 0.05) is 14.1 Å². The van der Waals surface area contributed by atoms with Gasteiger partial charge in [0.15, 0.2) is 0 Å². The van der Waals surface area contributed by atoms with E-state index in [-0.39, 0.29) is 19.0 Å². The highest BCUT2D eigenvalue weighted by Crippen LogP contribution is 1.89. The Labute approximate surface area is 82.1 Å². The number of aliphatic hydroxyl groups is 1. The Morgan fingerprint density at radius 2 is 1.79 bits per heavy atom. The molecule has 2 amide bonds. The molecule has 14 heavy (non-hydrogen) atoms. The van der Waals surface area contributed by atoms with Gasteiger partial charge in [-0.3, -0.25) is 9.59 Å². The molecule has 0 aromatic carbocycles. The van der Waals surface area contributed by atoms with E-state index in [0.717, 1.165) is 4.90 Å². The summed E-state index contributed by atoms with van der Waals surface area (Å²) in [6.45, 7) is -0.759. The van der Waals surface area contributed by atoms with Crippen molar-refractivity contribution >= 4 is 18.1 Å². The normalized spacial score (nSPS) is 9.36. The minimum atomic E-state index is -0.624. The summed E-state index contributed by atoms with van der Waals surface area (Å²) in [7, 11) is 2.87. The number of carbonyl (C=O) groups is 3. The van der Waals surface area contributed by atoms with Gasteiger partial charge < -0.3 is 19.7 Å². The monoisotopic (exact) mass is 202 g/mol. The van der Waals surface area contributed by atoms with Gasteiger partial charge >= 0.3 is 0 Å². The van der Waals surface area contributed by atoms with Crippen LogP contribution in [0, 0.1) is 0 Å². The molecular weight excluding hydrogens is 188 g/mol. The number of carbonyl (C=O) groups excluding carboxylic acids is 3. The van der Waals surface area contributed by atoms with E-state index in [1.807, 2.05) is 0 Å². The van der Waals surface area contributed by atoms with E-state index in [1.54, 1.807) is 0 Å². The maximum Gasteiger partial charge on any atom is 0.248 e. The maximum atomic E-state index is 11.3. The molecule has 0 saturated carbocycles. The predicted molar refractivity (Wildman–Crippen MR) is 48.4 cm³/mol. The van der Waals surface area contributed by atoms with Crippen LogP contribution in [0.2, 0.25) is 0 Å². The molecule has 0 heterocycles. The van der Waals surface area contributed by atoms with Crippen LogP contribution in [0.3, 0.4) is 0 Å². The third-order valence-electron chi connectivity index (χ3n) is 1.71. The largest absolute Gasteiger partial charge is 0.387 e. The van der Waals surface area contributed by atoms with E-state index in [9.17, 15) is 14.4 Å². The first kappa shape index (κ1) is 12.6. The summed E-state index contributed by atoms with van der Waals surface area (Å²) in [5.74, 6) is -0.876. The van der Waals surface area contributed by atoms with Crippen LogP contribution in [0.1, 0.15) is 0 Å². The molecule has 0 spiro atoms. The molecule has 0 aromatic heterocycles. The number of aldehydes is 1. The highest BCUT2D eigenvalue weighted by molar-refractivity contribution is 5.85. The second kappa shape index (κ2) is 6.09. The van der Waals surface area contributed by atoms with Gasteiger partial charge in [-0.05, 0) is 0 Å². The lowest BCUT2D eigenvalue weighted by Crippen LogP contribution is -2.40. The SMILES string of the molecule is CN(CC=O)C(=O)CN(C)C(=O)CO. The molecule has 0 bridgehead atoms. The highest BCUT2D eigenvalue weighted by atomic mass is 16.3. The number of hydrogen-bond acceptors (Lipinski definition) is 4. The molecule has 0 aliphatic carbocycles.